The van der Waals surface area contributed by atoms with E-state index in [1.165, 1.54) is 12.1 Å². The van der Waals surface area contributed by atoms with Crippen LogP contribution < -0.4 is 4.72 Å². The molecule has 1 aliphatic heterocycles. The smallest absolute Gasteiger partial charge is 0.261 e. The quantitative estimate of drug-likeness (QED) is 0.865. The summed E-state index contributed by atoms with van der Waals surface area (Å²) >= 11 is 0. The molecular formula is C20H23FN2O3S. The number of hydrogen-bond acceptors (Lipinski definition) is 3. The number of sulfonamides is 1. The third-order valence-corrected chi connectivity index (χ3v) is 6.06. The molecule has 1 amide bonds. The Labute approximate surface area is 159 Å². The van der Waals surface area contributed by atoms with E-state index in [0.29, 0.717) is 23.1 Å². The van der Waals surface area contributed by atoms with Crippen LogP contribution in [0.2, 0.25) is 0 Å². The summed E-state index contributed by atoms with van der Waals surface area (Å²) in [4.78, 5) is 14.5. The Kier molecular flexibility index (Phi) is 5.51. The van der Waals surface area contributed by atoms with Gasteiger partial charge in [0, 0.05) is 24.3 Å². The Balaban J connectivity index is 1.71. The highest BCUT2D eigenvalue weighted by molar-refractivity contribution is 7.92. The summed E-state index contributed by atoms with van der Waals surface area (Å²) in [6.45, 7) is 5.76. The van der Waals surface area contributed by atoms with Gasteiger partial charge >= 0.3 is 0 Å². The van der Waals surface area contributed by atoms with E-state index in [1.807, 2.05) is 4.90 Å². The molecule has 0 aromatic heterocycles. The first-order valence-corrected chi connectivity index (χ1v) is 10.4. The minimum Gasteiger partial charge on any atom is -0.338 e. The van der Waals surface area contributed by atoms with Crippen LogP contribution in [0.15, 0.2) is 53.4 Å². The van der Waals surface area contributed by atoms with Crippen molar-refractivity contribution in [2.45, 2.75) is 25.2 Å². The van der Waals surface area contributed by atoms with E-state index < -0.39 is 15.8 Å². The van der Waals surface area contributed by atoms with Crippen LogP contribution in [-0.2, 0) is 10.0 Å². The Hall–Kier alpha value is -2.41. The maximum Gasteiger partial charge on any atom is 0.261 e. The molecule has 1 aliphatic rings. The van der Waals surface area contributed by atoms with Gasteiger partial charge in [0.1, 0.15) is 5.82 Å². The van der Waals surface area contributed by atoms with E-state index in [-0.39, 0.29) is 10.8 Å². The lowest BCUT2D eigenvalue weighted by Gasteiger charge is -2.35. The molecule has 1 fully saturated rings. The van der Waals surface area contributed by atoms with Crippen molar-refractivity contribution >= 4 is 21.6 Å². The van der Waals surface area contributed by atoms with Gasteiger partial charge in [-0.15, -0.1) is 0 Å². The molecule has 2 atom stereocenters. The lowest BCUT2D eigenvalue weighted by molar-refractivity contribution is 0.0623. The summed E-state index contributed by atoms with van der Waals surface area (Å²) in [5.41, 5.74) is 0.872. The number of benzene rings is 2. The van der Waals surface area contributed by atoms with Crippen LogP contribution >= 0.6 is 0 Å². The normalized spacial score (nSPS) is 20.3. The fraction of sp³-hybridized carbons (Fsp3) is 0.350. The number of amides is 1. The Morgan fingerprint density at radius 2 is 1.56 bits per heavy atom. The molecule has 1 heterocycles. The van der Waals surface area contributed by atoms with E-state index in [4.69, 9.17) is 0 Å². The summed E-state index contributed by atoms with van der Waals surface area (Å²) in [6.07, 6.45) is 1.12. The minimum absolute atomic E-state index is 0.0275. The Morgan fingerprint density at radius 1 is 1.00 bits per heavy atom. The highest BCUT2D eigenvalue weighted by Crippen LogP contribution is 2.23. The molecule has 1 N–H and O–H groups in total. The van der Waals surface area contributed by atoms with Crippen molar-refractivity contribution in [3.8, 4) is 0 Å². The van der Waals surface area contributed by atoms with Crippen LogP contribution in [0.5, 0.6) is 0 Å². The zero-order chi connectivity index (χ0) is 19.6. The first-order valence-electron chi connectivity index (χ1n) is 8.92. The first-order chi connectivity index (χ1) is 12.7. The zero-order valence-electron chi connectivity index (χ0n) is 15.4. The molecule has 5 nitrogen and oxygen atoms in total. The number of rotatable bonds is 4. The maximum atomic E-state index is 13.0. The fourth-order valence-electron chi connectivity index (χ4n) is 3.52. The number of nitrogens with one attached hydrogen (secondary N) is 1. The fourth-order valence-corrected chi connectivity index (χ4v) is 4.58. The second kappa shape index (κ2) is 7.68. The van der Waals surface area contributed by atoms with Gasteiger partial charge < -0.3 is 4.90 Å². The van der Waals surface area contributed by atoms with Crippen molar-refractivity contribution in [1.29, 1.82) is 0 Å². The van der Waals surface area contributed by atoms with Gasteiger partial charge in [0.2, 0.25) is 0 Å². The molecule has 27 heavy (non-hydrogen) atoms. The van der Waals surface area contributed by atoms with Crippen molar-refractivity contribution in [2.75, 3.05) is 17.8 Å². The summed E-state index contributed by atoms with van der Waals surface area (Å²) in [7, 11) is -3.81. The predicted octanol–water partition coefficient (Wildman–Crippen LogP) is 3.74. The third-order valence-electron chi connectivity index (χ3n) is 4.66. The van der Waals surface area contributed by atoms with Gasteiger partial charge in [-0.05, 0) is 66.8 Å². The van der Waals surface area contributed by atoms with Crippen LogP contribution in [0.3, 0.4) is 0 Å². The van der Waals surface area contributed by atoms with Crippen molar-refractivity contribution in [1.82, 2.24) is 4.90 Å². The number of halogens is 1. The average Bonchev–Trinajstić information content (AvgIpc) is 2.61. The van der Waals surface area contributed by atoms with Crippen LogP contribution in [0.25, 0.3) is 0 Å². The molecule has 2 aromatic rings. The van der Waals surface area contributed by atoms with Gasteiger partial charge in [0.05, 0.1) is 4.90 Å². The molecule has 0 aliphatic carbocycles. The van der Waals surface area contributed by atoms with Crippen LogP contribution in [0.4, 0.5) is 10.1 Å². The van der Waals surface area contributed by atoms with Crippen molar-refractivity contribution < 1.29 is 17.6 Å². The summed E-state index contributed by atoms with van der Waals surface area (Å²) in [5.74, 6) is 0.401. The van der Waals surface area contributed by atoms with E-state index in [9.17, 15) is 17.6 Å². The molecule has 7 heteroatoms. The van der Waals surface area contributed by atoms with Crippen molar-refractivity contribution in [3.05, 3.63) is 59.9 Å². The van der Waals surface area contributed by atoms with E-state index in [1.54, 1.807) is 24.3 Å². The molecule has 0 bridgehead atoms. The van der Waals surface area contributed by atoms with E-state index >= 15 is 0 Å². The van der Waals surface area contributed by atoms with Crippen molar-refractivity contribution in [3.63, 3.8) is 0 Å². The van der Waals surface area contributed by atoms with Crippen LogP contribution in [0, 0.1) is 17.7 Å². The number of hydrogen-bond donors (Lipinski definition) is 1. The lowest BCUT2D eigenvalue weighted by atomic mass is 9.91. The van der Waals surface area contributed by atoms with Gasteiger partial charge in [0.25, 0.3) is 15.9 Å². The third kappa shape index (κ3) is 4.66. The number of carbonyl (C=O) groups is 1. The number of anilines is 1. The average molecular weight is 390 g/mol. The standard InChI is InChI=1S/C20H23FN2O3S/c1-14-11-15(2)13-23(12-14)20(24)16-3-7-18(8-4-16)22-27(25,26)19-9-5-17(21)6-10-19/h3-10,14-15,22H,11-13H2,1-2H3. The number of piperidine rings is 1. The monoisotopic (exact) mass is 390 g/mol. The number of nitrogens with zero attached hydrogens (tertiary/aromatic N) is 1. The minimum atomic E-state index is -3.81. The van der Waals surface area contributed by atoms with Gasteiger partial charge in [-0.2, -0.15) is 0 Å². The van der Waals surface area contributed by atoms with E-state index in [0.717, 1.165) is 31.6 Å². The highest BCUT2D eigenvalue weighted by Gasteiger charge is 2.26. The van der Waals surface area contributed by atoms with Crippen molar-refractivity contribution in [2.24, 2.45) is 11.8 Å². The summed E-state index contributed by atoms with van der Waals surface area (Å²) < 4.78 is 40.1. The summed E-state index contributed by atoms with van der Waals surface area (Å²) in [5, 5.41) is 0. The van der Waals surface area contributed by atoms with Gasteiger partial charge in [-0.25, -0.2) is 12.8 Å². The highest BCUT2D eigenvalue weighted by atomic mass is 32.2. The van der Waals surface area contributed by atoms with E-state index in [2.05, 4.69) is 18.6 Å². The molecule has 0 spiro atoms. The number of likely N-dealkylation sites (tertiary alicyclic amines) is 1. The largest absolute Gasteiger partial charge is 0.338 e. The molecular weight excluding hydrogens is 367 g/mol. The molecule has 144 valence electrons. The Bertz CT molecular complexity index is 901. The topological polar surface area (TPSA) is 66.5 Å². The summed E-state index contributed by atoms with van der Waals surface area (Å²) in [6, 6.07) is 11.0. The maximum absolute atomic E-state index is 13.0. The molecule has 0 saturated carbocycles. The van der Waals surface area contributed by atoms with Crippen LogP contribution in [-0.4, -0.2) is 32.3 Å². The van der Waals surface area contributed by atoms with Crippen LogP contribution in [0.1, 0.15) is 30.6 Å². The van der Waals surface area contributed by atoms with Gasteiger partial charge in [-0.1, -0.05) is 13.8 Å². The lowest BCUT2D eigenvalue weighted by Crippen LogP contribution is -2.42. The van der Waals surface area contributed by atoms with Gasteiger partial charge in [-0.3, -0.25) is 9.52 Å². The molecule has 1 saturated heterocycles. The van der Waals surface area contributed by atoms with Gasteiger partial charge in [0.15, 0.2) is 0 Å². The molecule has 0 radical (unpaired) electrons. The molecule has 2 unspecified atom stereocenters. The Morgan fingerprint density at radius 3 is 2.11 bits per heavy atom. The molecule has 2 aromatic carbocycles. The second-order valence-electron chi connectivity index (χ2n) is 7.29. The predicted molar refractivity (Wildman–Crippen MR) is 102 cm³/mol. The second-order valence-corrected chi connectivity index (χ2v) is 8.98. The zero-order valence-corrected chi connectivity index (χ0v) is 16.2. The first kappa shape index (κ1) is 19.4. The number of carbonyl (C=O) groups excluding carboxylic acids is 1. The SMILES string of the molecule is CC1CC(C)CN(C(=O)c2ccc(NS(=O)(=O)c3ccc(F)cc3)cc2)C1. The molecule has 3 rings (SSSR count).